The molecular weight excluding hydrogens is 518 g/mol. The molecule has 0 saturated carbocycles. The predicted molar refractivity (Wildman–Crippen MR) is 135 cm³/mol. The number of aromatic nitrogens is 1. The topological polar surface area (TPSA) is 125 Å². The van der Waals surface area contributed by atoms with Crippen LogP contribution in [0, 0.1) is 13.8 Å². The van der Waals surface area contributed by atoms with Crippen molar-refractivity contribution < 1.29 is 32.7 Å². The molecule has 3 amide bonds. The largest absolute Gasteiger partial charge is 0.467 e. The molecule has 3 atom stereocenters. The number of hydrogen-bond donors (Lipinski definition) is 3. The average molecular weight is 547 g/mol. The molecule has 3 heterocycles. The fourth-order valence-corrected chi connectivity index (χ4v) is 5.24. The van der Waals surface area contributed by atoms with Gasteiger partial charge in [0, 0.05) is 6.42 Å². The van der Waals surface area contributed by atoms with E-state index >= 15 is 0 Å². The predicted octanol–water partition coefficient (Wildman–Crippen LogP) is 2.61. The fourth-order valence-electron chi connectivity index (χ4n) is 4.42. The van der Waals surface area contributed by atoms with E-state index in [0.29, 0.717) is 31.8 Å². The van der Waals surface area contributed by atoms with Crippen molar-refractivity contribution >= 4 is 29.1 Å². The molecule has 2 aromatic heterocycles. The quantitative estimate of drug-likeness (QED) is 0.379. The lowest BCUT2D eigenvalue weighted by atomic mass is 9.99. The van der Waals surface area contributed by atoms with Crippen molar-refractivity contribution in [3.05, 3.63) is 75.6 Å². The fraction of sp³-hybridized carbons (Fsp3) is 0.385. The van der Waals surface area contributed by atoms with Gasteiger partial charge in [0.15, 0.2) is 6.10 Å². The molecule has 12 heteroatoms. The number of aliphatic hydroxyl groups is 1. The Kier molecular flexibility index (Phi) is 8.22. The number of nitrogens with zero attached hydrogens (tertiary/aromatic N) is 2. The summed E-state index contributed by atoms with van der Waals surface area (Å²) in [5.41, 5.74) is 1.21. The van der Waals surface area contributed by atoms with Gasteiger partial charge in [0.25, 0.3) is 17.7 Å². The number of aryl methyl sites for hydroxylation is 2. The molecule has 3 aromatic rings. The molecule has 0 spiro atoms. The summed E-state index contributed by atoms with van der Waals surface area (Å²) in [6.07, 6.45) is -1.31. The van der Waals surface area contributed by atoms with Crippen LogP contribution in [0.2, 0.25) is 0 Å². The van der Waals surface area contributed by atoms with Gasteiger partial charge in [-0.1, -0.05) is 30.3 Å². The zero-order valence-corrected chi connectivity index (χ0v) is 21.6. The third kappa shape index (κ3) is 6.43. The Bertz CT molecular complexity index is 1280. The number of benzene rings is 1. The number of amides is 3. The number of likely N-dealkylation sites (tertiary alicyclic amines) is 1. The number of furan rings is 1. The van der Waals surface area contributed by atoms with Crippen LogP contribution in [0.15, 0.2) is 53.1 Å². The van der Waals surface area contributed by atoms with E-state index in [9.17, 15) is 28.3 Å². The second-order valence-electron chi connectivity index (χ2n) is 9.20. The van der Waals surface area contributed by atoms with Crippen molar-refractivity contribution in [3.63, 3.8) is 0 Å². The summed E-state index contributed by atoms with van der Waals surface area (Å²) in [5.74, 6) is -5.31. The van der Waals surface area contributed by atoms with Crippen molar-refractivity contribution in [1.29, 1.82) is 0 Å². The lowest BCUT2D eigenvalue weighted by Crippen LogP contribution is -2.55. The first-order valence-corrected chi connectivity index (χ1v) is 12.8. The molecular formula is C26H28F2N4O5S. The summed E-state index contributed by atoms with van der Waals surface area (Å²) in [7, 11) is 0. The molecule has 0 bridgehead atoms. The lowest BCUT2D eigenvalue weighted by Gasteiger charge is -2.30. The van der Waals surface area contributed by atoms with Crippen LogP contribution in [0.1, 0.15) is 38.1 Å². The average Bonchev–Trinajstić information content (AvgIpc) is 3.60. The summed E-state index contributed by atoms with van der Waals surface area (Å²) in [4.78, 5) is 44.5. The smallest absolute Gasteiger partial charge is 0.267 e. The van der Waals surface area contributed by atoms with E-state index in [1.54, 1.807) is 56.3 Å². The van der Waals surface area contributed by atoms with Crippen LogP contribution in [0.5, 0.6) is 0 Å². The van der Waals surface area contributed by atoms with Gasteiger partial charge in [-0.15, -0.1) is 11.3 Å². The highest BCUT2D eigenvalue weighted by atomic mass is 32.1. The van der Waals surface area contributed by atoms with E-state index in [0.717, 1.165) is 11.3 Å². The van der Waals surface area contributed by atoms with Crippen molar-refractivity contribution in [2.24, 2.45) is 0 Å². The van der Waals surface area contributed by atoms with Gasteiger partial charge in [-0.25, -0.2) is 13.8 Å². The summed E-state index contributed by atoms with van der Waals surface area (Å²) in [6.45, 7) is 2.35. The summed E-state index contributed by atoms with van der Waals surface area (Å²) < 4.78 is 34.0. The van der Waals surface area contributed by atoms with Gasteiger partial charge in [0.1, 0.15) is 16.7 Å². The zero-order valence-electron chi connectivity index (χ0n) is 20.8. The van der Waals surface area contributed by atoms with E-state index in [4.69, 9.17) is 4.42 Å². The first-order chi connectivity index (χ1) is 18.0. The lowest BCUT2D eigenvalue weighted by molar-refractivity contribution is -0.147. The number of rotatable bonds is 9. The normalized spacial score (nSPS) is 18.1. The van der Waals surface area contributed by atoms with Gasteiger partial charge in [0.05, 0.1) is 36.1 Å². The van der Waals surface area contributed by atoms with Crippen LogP contribution in [0.3, 0.4) is 0 Å². The number of hydrogen-bond acceptors (Lipinski definition) is 7. The zero-order chi connectivity index (χ0) is 27.4. The maximum Gasteiger partial charge on any atom is 0.267 e. The van der Waals surface area contributed by atoms with Gasteiger partial charge in [-0.3, -0.25) is 14.4 Å². The van der Waals surface area contributed by atoms with Crippen LogP contribution < -0.4 is 10.6 Å². The van der Waals surface area contributed by atoms with Crippen molar-refractivity contribution in [1.82, 2.24) is 20.5 Å². The molecule has 3 N–H and O–H groups in total. The molecule has 4 rings (SSSR count). The number of aliphatic hydroxyl groups excluding tert-OH is 1. The Morgan fingerprint density at radius 1 is 1.21 bits per heavy atom. The summed E-state index contributed by atoms with van der Waals surface area (Å²) in [5, 5.41) is 17.0. The summed E-state index contributed by atoms with van der Waals surface area (Å²) >= 11 is 1.16. The third-order valence-electron chi connectivity index (χ3n) is 6.23. The monoisotopic (exact) mass is 546 g/mol. The highest BCUT2D eigenvalue weighted by Gasteiger charge is 2.51. The Balaban J connectivity index is 1.54. The number of halogens is 2. The molecule has 9 nitrogen and oxygen atoms in total. The van der Waals surface area contributed by atoms with Gasteiger partial charge in [-0.2, -0.15) is 0 Å². The van der Waals surface area contributed by atoms with Crippen LogP contribution in [0.25, 0.3) is 0 Å². The van der Waals surface area contributed by atoms with E-state index < -0.39 is 54.8 Å². The minimum absolute atomic E-state index is 0.0429. The minimum Gasteiger partial charge on any atom is -0.467 e. The van der Waals surface area contributed by atoms with E-state index in [1.807, 2.05) is 0 Å². The van der Waals surface area contributed by atoms with Gasteiger partial charge < -0.3 is 25.1 Å². The molecule has 3 unspecified atom stereocenters. The minimum atomic E-state index is -3.32. The summed E-state index contributed by atoms with van der Waals surface area (Å²) in [6, 6.07) is 9.41. The van der Waals surface area contributed by atoms with Crippen molar-refractivity contribution in [2.45, 2.75) is 57.3 Å². The van der Waals surface area contributed by atoms with Crippen molar-refractivity contribution in [3.8, 4) is 0 Å². The Labute approximate surface area is 221 Å². The maximum absolute atomic E-state index is 14.4. The Morgan fingerprint density at radius 3 is 2.58 bits per heavy atom. The molecule has 0 aliphatic carbocycles. The van der Waals surface area contributed by atoms with Gasteiger partial charge in [0.2, 0.25) is 5.91 Å². The number of thiazole rings is 1. The second kappa shape index (κ2) is 11.4. The number of alkyl halides is 2. The molecule has 1 fully saturated rings. The first kappa shape index (κ1) is 27.4. The van der Waals surface area contributed by atoms with Crippen molar-refractivity contribution in [2.75, 3.05) is 6.54 Å². The first-order valence-electron chi connectivity index (χ1n) is 12.0. The van der Waals surface area contributed by atoms with Gasteiger partial charge in [-0.05, 0) is 38.0 Å². The third-order valence-corrected chi connectivity index (χ3v) is 7.30. The SMILES string of the molecule is Cc1nc(C)c(C(=O)NC(Cc2ccccc2)C(O)C(=O)N2CC(F)(F)CC2C(=O)NCc2ccco2)s1. The van der Waals surface area contributed by atoms with E-state index in [2.05, 4.69) is 15.6 Å². The Hall–Kier alpha value is -3.64. The molecule has 38 heavy (non-hydrogen) atoms. The molecule has 1 aliphatic heterocycles. The number of nitrogens with one attached hydrogen (secondary N) is 2. The molecule has 1 aromatic carbocycles. The maximum atomic E-state index is 14.4. The highest BCUT2D eigenvalue weighted by molar-refractivity contribution is 7.13. The molecule has 1 saturated heterocycles. The second-order valence-corrected chi connectivity index (χ2v) is 10.4. The molecule has 1 aliphatic rings. The number of carbonyl (C=O) groups excluding carboxylic acids is 3. The van der Waals surface area contributed by atoms with Crippen LogP contribution in [0.4, 0.5) is 8.78 Å². The standard InChI is InChI=1S/C26H28F2N4O5S/c1-15-22(38-16(2)30-15)24(35)31-19(11-17-7-4-3-5-8-17)21(33)25(36)32-14-26(27,28)12-20(32)23(34)29-13-18-9-6-10-37-18/h3-10,19-21,33H,11-14H2,1-2H3,(H,29,34)(H,31,35). The van der Waals surface area contributed by atoms with Crippen LogP contribution in [-0.4, -0.2) is 63.4 Å². The Morgan fingerprint density at radius 2 is 1.95 bits per heavy atom. The van der Waals surface area contributed by atoms with Crippen LogP contribution in [-0.2, 0) is 22.6 Å². The molecule has 202 valence electrons. The van der Waals surface area contributed by atoms with E-state index in [1.165, 1.54) is 6.26 Å². The highest BCUT2D eigenvalue weighted by Crippen LogP contribution is 2.33. The van der Waals surface area contributed by atoms with E-state index in [-0.39, 0.29) is 13.0 Å². The molecule has 0 radical (unpaired) electrons. The van der Waals surface area contributed by atoms with Gasteiger partial charge >= 0.3 is 0 Å². The number of carbonyl (C=O) groups is 3. The van der Waals surface area contributed by atoms with Crippen LogP contribution >= 0.6 is 11.3 Å².